The summed E-state index contributed by atoms with van der Waals surface area (Å²) in [6.07, 6.45) is 7.85. The molecule has 3 rings (SSSR count). The van der Waals surface area contributed by atoms with Crippen molar-refractivity contribution >= 4 is 11.7 Å². The van der Waals surface area contributed by atoms with E-state index in [2.05, 4.69) is 15.3 Å². The third kappa shape index (κ3) is 3.80. The van der Waals surface area contributed by atoms with Crippen molar-refractivity contribution in [3.05, 3.63) is 17.6 Å². The number of nitrogens with zero attached hydrogens (tertiary/aromatic N) is 2. The monoisotopic (exact) mass is 318 g/mol. The number of carbonyl (C=O) groups excluding carboxylic acids is 1. The molecular formula is C17H26N4O2. The summed E-state index contributed by atoms with van der Waals surface area (Å²) in [4.78, 5) is 21.2. The number of aromatic nitrogens is 2. The van der Waals surface area contributed by atoms with Crippen LogP contribution in [0, 0.1) is 0 Å². The maximum absolute atomic E-state index is 12.5. The molecule has 0 radical (unpaired) electrons. The second kappa shape index (κ2) is 6.43. The molecular weight excluding hydrogens is 292 g/mol. The van der Waals surface area contributed by atoms with E-state index < -0.39 is 0 Å². The lowest BCUT2D eigenvalue weighted by Gasteiger charge is -2.35. The van der Waals surface area contributed by atoms with Gasteiger partial charge < -0.3 is 15.8 Å². The molecule has 1 unspecified atom stereocenters. The summed E-state index contributed by atoms with van der Waals surface area (Å²) in [6, 6.07) is 0.0974. The van der Waals surface area contributed by atoms with Crippen molar-refractivity contribution in [1.29, 1.82) is 0 Å². The second-order valence-corrected chi connectivity index (χ2v) is 7.28. The molecule has 1 saturated carbocycles. The molecule has 1 atom stereocenters. The topological polar surface area (TPSA) is 90.1 Å². The van der Waals surface area contributed by atoms with Gasteiger partial charge in [0.1, 0.15) is 11.6 Å². The predicted octanol–water partition coefficient (Wildman–Crippen LogP) is 2.40. The second-order valence-electron chi connectivity index (χ2n) is 7.28. The largest absolute Gasteiger partial charge is 0.383 e. The van der Waals surface area contributed by atoms with Gasteiger partial charge in [0.25, 0.3) is 5.91 Å². The number of nitrogen functional groups attached to an aromatic ring is 1. The first-order valence-corrected chi connectivity index (χ1v) is 8.52. The van der Waals surface area contributed by atoms with Crippen molar-refractivity contribution in [1.82, 2.24) is 15.3 Å². The SMILES string of the molecule is CC1(C)CC(NC(=O)c2cnc(C3CCCC3)nc2N)CCO1. The molecule has 2 fully saturated rings. The lowest BCUT2D eigenvalue weighted by atomic mass is 9.94. The minimum atomic E-state index is -0.204. The van der Waals surface area contributed by atoms with E-state index in [0.29, 0.717) is 18.1 Å². The number of ether oxygens (including phenoxy) is 1. The molecule has 1 saturated heterocycles. The summed E-state index contributed by atoms with van der Waals surface area (Å²) in [5.41, 5.74) is 6.18. The zero-order valence-corrected chi connectivity index (χ0v) is 14.0. The normalized spacial score (nSPS) is 24.5. The van der Waals surface area contributed by atoms with E-state index in [9.17, 15) is 4.79 Å². The van der Waals surface area contributed by atoms with Gasteiger partial charge >= 0.3 is 0 Å². The van der Waals surface area contributed by atoms with Crippen LogP contribution in [0.3, 0.4) is 0 Å². The van der Waals surface area contributed by atoms with Crippen LogP contribution in [0.4, 0.5) is 5.82 Å². The van der Waals surface area contributed by atoms with Crippen LogP contribution in [0.1, 0.15) is 74.5 Å². The fourth-order valence-electron chi connectivity index (χ4n) is 3.58. The maximum atomic E-state index is 12.5. The highest BCUT2D eigenvalue weighted by Gasteiger charge is 2.30. The van der Waals surface area contributed by atoms with Crippen LogP contribution < -0.4 is 11.1 Å². The minimum absolute atomic E-state index is 0.0974. The van der Waals surface area contributed by atoms with E-state index in [1.54, 1.807) is 6.20 Å². The molecule has 1 aromatic heterocycles. The van der Waals surface area contributed by atoms with E-state index >= 15 is 0 Å². The first-order valence-electron chi connectivity index (χ1n) is 8.52. The summed E-state index contributed by atoms with van der Waals surface area (Å²) < 4.78 is 5.68. The molecule has 0 bridgehead atoms. The number of rotatable bonds is 3. The van der Waals surface area contributed by atoms with Crippen molar-refractivity contribution in [2.24, 2.45) is 0 Å². The van der Waals surface area contributed by atoms with E-state index in [-0.39, 0.29) is 23.4 Å². The summed E-state index contributed by atoms with van der Waals surface area (Å²) in [7, 11) is 0. The Bertz CT molecular complexity index is 582. The Morgan fingerprint density at radius 1 is 1.35 bits per heavy atom. The van der Waals surface area contributed by atoms with E-state index in [4.69, 9.17) is 10.5 Å². The lowest BCUT2D eigenvalue weighted by Crippen LogP contribution is -2.46. The standard InChI is InChI=1S/C17H26N4O2/c1-17(2)9-12(7-8-23-17)20-16(22)13-10-19-15(21-14(13)18)11-5-3-4-6-11/h10-12H,3-9H2,1-2H3,(H,20,22)(H2,18,19,21). The van der Waals surface area contributed by atoms with Crippen LogP contribution in [0.15, 0.2) is 6.20 Å². The van der Waals surface area contributed by atoms with Crippen LogP contribution in [0.5, 0.6) is 0 Å². The van der Waals surface area contributed by atoms with E-state index in [1.807, 2.05) is 13.8 Å². The van der Waals surface area contributed by atoms with Crippen LogP contribution in [-0.2, 0) is 4.74 Å². The van der Waals surface area contributed by atoms with Gasteiger partial charge in [-0.2, -0.15) is 0 Å². The Balaban J connectivity index is 1.67. The summed E-state index contributed by atoms with van der Waals surface area (Å²) in [6.45, 7) is 4.74. The highest BCUT2D eigenvalue weighted by molar-refractivity contribution is 5.98. The molecule has 23 heavy (non-hydrogen) atoms. The predicted molar refractivity (Wildman–Crippen MR) is 88.2 cm³/mol. The van der Waals surface area contributed by atoms with Crippen LogP contribution >= 0.6 is 0 Å². The average molecular weight is 318 g/mol. The summed E-state index contributed by atoms with van der Waals surface area (Å²) in [5, 5.41) is 3.04. The molecule has 1 aliphatic heterocycles. The molecule has 0 aromatic carbocycles. The Morgan fingerprint density at radius 2 is 2.09 bits per heavy atom. The summed E-state index contributed by atoms with van der Waals surface area (Å²) >= 11 is 0. The quantitative estimate of drug-likeness (QED) is 0.893. The molecule has 0 spiro atoms. The third-order valence-corrected chi connectivity index (χ3v) is 4.83. The van der Waals surface area contributed by atoms with Gasteiger partial charge in [-0.3, -0.25) is 4.79 Å². The number of nitrogens with one attached hydrogen (secondary N) is 1. The molecule has 3 N–H and O–H groups in total. The van der Waals surface area contributed by atoms with Gasteiger partial charge in [0.05, 0.1) is 11.2 Å². The highest BCUT2D eigenvalue weighted by atomic mass is 16.5. The smallest absolute Gasteiger partial charge is 0.256 e. The van der Waals surface area contributed by atoms with Crippen LogP contribution in [0.2, 0.25) is 0 Å². The zero-order valence-electron chi connectivity index (χ0n) is 14.0. The Morgan fingerprint density at radius 3 is 2.74 bits per heavy atom. The third-order valence-electron chi connectivity index (χ3n) is 4.83. The van der Waals surface area contributed by atoms with Gasteiger partial charge in [-0.25, -0.2) is 9.97 Å². The molecule has 1 aliphatic carbocycles. The van der Waals surface area contributed by atoms with Gasteiger partial charge in [-0.1, -0.05) is 12.8 Å². The van der Waals surface area contributed by atoms with Crippen molar-refractivity contribution < 1.29 is 9.53 Å². The van der Waals surface area contributed by atoms with Crippen molar-refractivity contribution in [3.63, 3.8) is 0 Å². The number of carbonyl (C=O) groups is 1. The molecule has 6 heteroatoms. The Kier molecular flexibility index (Phi) is 4.53. The van der Waals surface area contributed by atoms with Gasteiger partial charge in [0.2, 0.25) is 0 Å². The number of hydrogen-bond acceptors (Lipinski definition) is 5. The van der Waals surface area contributed by atoms with Crippen molar-refractivity contribution in [3.8, 4) is 0 Å². The fourth-order valence-corrected chi connectivity index (χ4v) is 3.58. The number of amides is 1. The highest BCUT2D eigenvalue weighted by Crippen LogP contribution is 2.32. The summed E-state index contributed by atoms with van der Waals surface area (Å²) in [5.74, 6) is 1.27. The molecule has 2 heterocycles. The number of hydrogen-bond donors (Lipinski definition) is 2. The maximum Gasteiger partial charge on any atom is 0.256 e. The van der Waals surface area contributed by atoms with Gasteiger partial charge in [-0.15, -0.1) is 0 Å². The van der Waals surface area contributed by atoms with Crippen LogP contribution in [-0.4, -0.2) is 34.1 Å². The fraction of sp³-hybridized carbons (Fsp3) is 0.706. The zero-order chi connectivity index (χ0) is 16.4. The molecule has 1 amide bonds. The average Bonchev–Trinajstić information content (AvgIpc) is 3.00. The Hall–Kier alpha value is -1.69. The first kappa shape index (κ1) is 16.2. The minimum Gasteiger partial charge on any atom is -0.383 e. The van der Waals surface area contributed by atoms with E-state index in [1.165, 1.54) is 12.8 Å². The molecule has 126 valence electrons. The van der Waals surface area contributed by atoms with Crippen molar-refractivity contribution in [2.75, 3.05) is 12.3 Å². The Labute approximate surface area is 137 Å². The van der Waals surface area contributed by atoms with Crippen molar-refractivity contribution in [2.45, 2.75) is 69.9 Å². The first-order chi connectivity index (χ1) is 10.9. The molecule has 2 aliphatic rings. The van der Waals surface area contributed by atoms with Crippen LogP contribution in [0.25, 0.3) is 0 Å². The lowest BCUT2D eigenvalue weighted by molar-refractivity contribution is -0.0615. The van der Waals surface area contributed by atoms with Gasteiger partial charge in [0.15, 0.2) is 0 Å². The molecule has 6 nitrogen and oxygen atoms in total. The van der Waals surface area contributed by atoms with Gasteiger partial charge in [0, 0.05) is 24.8 Å². The number of anilines is 1. The van der Waals surface area contributed by atoms with E-state index in [0.717, 1.165) is 31.5 Å². The molecule has 1 aromatic rings. The number of nitrogens with two attached hydrogens (primary N) is 1. The van der Waals surface area contributed by atoms with Gasteiger partial charge in [-0.05, 0) is 39.5 Å².